The highest BCUT2D eigenvalue weighted by molar-refractivity contribution is 9.10. The number of hydrogen-bond donors (Lipinski definition) is 2. The van der Waals surface area contributed by atoms with Gasteiger partial charge >= 0.3 is 6.03 Å². The molecule has 0 atom stereocenters. The molecule has 3 aromatic rings. The van der Waals surface area contributed by atoms with Crippen LogP contribution in [0, 0.1) is 6.92 Å². The molecule has 0 bridgehead atoms. The summed E-state index contributed by atoms with van der Waals surface area (Å²) in [6.45, 7) is 1.70. The van der Waals surface area contributed by atoms with Crippen molar-refractivity contribution in [2.75, 3.05) is 16.8 Å². The van der Waals surface area contributed by atoms with Crippen molar-refractivity contribution in [2.24, 2.45) is 0 Å². The van der Waals surface area contributed by atoms with Crippen molar-refractivity contribution >= 4 is 80.3 Å². The van der Waals surface area contributed by atoms with Crippen LogP contribution in [-0.2, 0) is 14.4 Å². The minimum atomic E-state index is -0.903. The molecule has 1 saturated heterocycles. The van der Waals surface area contributed by atoms with Crippen LogP contribution in [0.15, 0.2) is 70.7 Å². The number of nitrogens with zero attached hydrogens (tertiary/aromatic N) is 1. The van der Waals surface area contributed by atoms with E-state index in [0.717, 1.165) is 10.5 Å². The van der Waals surface area contributed by atoms with E-state index in [-0.39, 0.29) is 33.8 Å². The lowest BCUT2D eigenvalue weighted by Gasteiger charge is -2.26. The van der Waals surface area contributed by atoms with Gasteiger partial charge in [-0.25, -0.2) is 9.69 Å². The van der Waals surface area contributed by atoms with Crippen LogP contribution >= 0.6 is 39.1 Å². The van der Waals surface area contributed by atoms with Gasteiger partial charge in [-0.05, 0) is 82.5 Å². The van der Waals surface area contributed by atoms with Crippen molar-refractivity contribution in [1.82, 2.24) is 5.32 Å². The number of carbonyl (C=O) groups excluding carboxylic acids is 4. The van der Waals surface area contributed by atoms with Gasteiger partial charge in [-0.2, -0.15) is 0 Å². The van der Waals surface area contributed by atoms with E-state index in [2.05, 4.69) is 26.6 Å². The van der Waals surface area contributed by atoms with Gasteiger partial charge in [-0.15, -0.1) is 0 Å². The van der Waals surface area contributed by atoms with E-state index in [4.69, 9.17) is 27.9 Å². The largest absolute Gasteiger partial charge is 0.483 e. The number of nitrogens with one attached hydrogen (secondary N) is 2. The second-order valence-corrected chi connectivity index (χ2v) is 9.62. The molecule has 1 heterocycles. The molecule has 3 aromatic carbocycles. The van der Waals surface area contributed by atoms with E-state index >= 15 is 0 Å². The van der Waals surface area contributed by atoms with Crippen LogP contribution in [0.4, 0.5) is 16.2 Å². The number of ether oxygens (including phenoxy) is 1. The minimum Gasteiger partial charge on any atom is -0.483 e. The van der Waals surface area contributed by atoms with Crippen molar-refractivity contribution in [3.63, 3.8) is 0 Å². The van der Waals surface area contributed by atoms with E-state index in [1.165, 1.54) is 24.3 Å². The number of aryl methyl sites for hydroxylation is 1. The summed E-state index contributed by atoms with van der Waals surface area (Å²) < 4.78 is 6.09. The third-order valence-corrected chi connectivity index (χ3v) is 6.55. The zero-order chi connectivity index (χ0) is 26.7. The molecular weight excluding hydrogens is 585 g/mol. The minimum absolute atomic E-state index is 0.147. The maximum absolute atomic E-state index is 13.1. The van der Waals surface area contributed by atoms with Crippen LogP contribution < -0.4 is 20.3 Å². The standard InChI is InChI=1S/C26H18BrCl2N3O5/c1-14-3-2-4-16(9-14)30-23(33)13-37-22-8-5-15(11-19(22)27)10-18-24(34)31-26(36)32(25(18)35)17-6-7-20(28)21(29)12-17/h2-12H,13H2,1H3,(H,30,33)(H,31,34,36)/b18-10+. The van der Waals surface area contributed by atoms with Gasteiger partial charge in [0.05, 0.1) is 20.2 Å². The zero-order valence-corrected chi connectivity index (χ0v) is 22.3. The Bertz CT molecular complexity index is 1470. The molecule has 11 heteroatoms. The highest BCUT2D eigenvalue weighted by Gasteiger charge is 2.37. The molecule has 0 aliphatic carbocycles. The Morgan fingerprint density at radius 3 is 2.54 bits per heavy atom. The molecule has 1 fully saturated rings. The summed E-state index contributed by atoms with van der Waals surface area (Å²) in [5, 5.41) is 5.30. The molecule has 4 rings (SSSR count). The van der Waals surface area contributed by atoms with Crippen molar-refractivity contribution in [3.8, 4) is 5.75 Å². The number of anilines is 2. The highest BCUT2D eigenvalue weighted by atomic mass is 79.9. The van der Waals surface area contributed by atoms with Gasteiger partial charge in [0.2, 0.25) is 0 Å². The zero-order valence-electron chi connectivity index (χ0n) is 19.2. The van der Waals surface area contributed by atoms with E-state index in [0.29, 0.717) is 21.5 Å². The number of imide groups is 2. The van der Waals surface area contributed by atoms with Crippen LogP contribution in [-0.4, -0.2) is 30.4 Å². The molecule has 0 aromatic heterocycles. The van der Waals surface area contributed by atoms with E-state index < -0.39 is 17.8 Å². The normalized spacial score (nSPS) is 14.5. The Labute approximate surface area is 230 Å². The Hall–Kier alpha value is -3.66. The van der Waals surface area contributed by atoms with Gasteiger partial charge in [-0.3, -0.25) is 19.7 Å². The number of barbiturate groups is 1. The lowest BCUT2D eigenvalue weighted by molar-refractivity contribution is -0.122. The fourth-order valence-corrected chi connectivity index (χ4v) is 4.27. The van der Waals surface area contributed by atoms with Crippen molar-refractivity contribution in [3.05, 3.63) is 91.9 Å². The SMILES string of the molecule is Cc1cccc(NC(=O)COc2ccc(/C=C3\C(=O)NC(=O)N(c4ccc(Cl)c(Cl)c4)C3=O)cc2Br)c1. The number of hydrogen-bond acceptors (Lipinski definition) is 5. The summed E-state index contributed by atoms with van der Waals surface area (Å²) in [5.74, 6) is -1.61. The van der Waals surface area contributed by atoms with Gasteiger partial charge in [0, 0.05) is 5.69 Å². The Morgan fingerprint density at radius 2 is 1.84 bits per heavy atom. The molecule has 37 heavy (non-hydrogen) atoms. The van der Waals surface area contributed by atoms with Crippen LogP contribution in [0.5, 0.6) is 5.75 Å². The molecule has 0 unspecified atom stereocenters. The predicted octanol–water partition coefficient (Wildman–Crippen LogP) is 5.75. The number of amides is 5. The Balaban J connectivity index is 1.49. The molecule has 8 nitrogen and oxygen atoms in total. The average Bonchev–Trinajstić information content (AvgIpc) is 2.83. The second-order valence-electron chi connectivity index (χ2n) is 7.95. The molecule has 0 radical (unpaired) electrons. The lowest BCUT2D eigenvalue weighted by atomic mass is 10.1. The average molecular weight is 603 g/mol. The first-order valence-electron chi connectivity index (χ1n) is 10.8. The number of benzene rings is 3. The third-order valence-electron chi connectivity index (χ3n) is 5.19. The predicted molar refractivity (Wildman–Crippen MR) is 145 cm³/mol. The quantitative estimate of drug-likeness (QED) is 0.276. The molecule has 5 amide bonds. The first-order valence-corrected chi connectivity index (χ1v) is 12.3. The van der Waals surface area contributed by atoms with Gasteiger partial charge in [0.15, 0.2) is 6.61 Å². The Morgan fingerprint density at radius 1 is 1.05 bits per heavy atom. The third kappa shape index (κ3) is 6.19. The van der Waals surface area contributed by atoms with Crippen molar-refractivity contribution in [1.29, 1.82) is 0 Å². The van der Waals surface area contributed by atoms with Crippen molar-refractivity contribution < 1.29 is 23.9 Å². The topological polar surface area (TPSA) is 105 Å². The highest BCUT2D eigenvalue weighted by Crippen LogP contribution is 2.31. The number of carbonyl (C=O) groups is 4. The van der Waals surface area contributed by atoms with Crippen LogP contribution in [0.1, 0.15) is 11.1 Å². The molecule has 1 aliphatic rings. The summed E-state index contributed by atoms with van der Waals surface area (Å²) in [7, 11) is 0. The first kappa shape index (κ1) is 26.4. The van der Waals surface area contributed by atoms with Gasteiger partial charge < -0.3 is 10.1 Å². The summed E-state index contributed by atoms with van der Waals surface area (Å²) in [4.78, 5) is 50.9. The molecule has 1 aliphatic heterocycles. The summed E-state index contributed by atoms with van der Waals surface area (Å²) in [5.41, 5.74) is 2.05. The van der Waals surface area contributed by atoms with Gasteiger partial charge in [-0.1, -0.05) is 41.4 Å². The fraction of sp³-hybridized carbons (Fsp3) is 0.0769. The smallest absolute Gasteiger partial charge is 0.335 e. The molecule has 0 spiro atoms. The fourth-order valence-electron chi connectivity index (χ4n) is 3.47. The van der Waals surface area contributed by atoms with E-state index in [1.807, 2.05) is 25.1 Å². The second kappa shape index (κ2) is 11.2. The van der Waals surface area contributed by atoms with Crippen LogP contribution in [0.3, 0.4) is 0 Å². The van der Waals surface area contributed by atoms with Crippen molar-refractivity contribution in [2.45, 2.75) is 6.92 Å². The molecule has 2 N–H and O–H groups in total. The van der Waals surface area contributed by atoms with Crippen LogP contribution in [0.2, 0.25) is 10.0 Å². The summed E-state index contributed by atoms with van der Waals surface area (Å²) in [6.07, 6.45) is 1.34. The number of urea groups is 1. The summed E-state index contributed by atoms with van der Waals surface area (Å²) >= 11 is 15.3. The van der Waals surface area contributed by atoms with Gasteiger partial charge in [0.1, 0.15) is 11.3 Å². The molecule has 0 saturated carbocycles. The maximum Gasteiger partial charge on any atom is 0.335 e. The molecule has 188 valence electrons. The maximum atomic E-state index is 13.1. The monoisotopic (exact) mass is 601 g/mol. The Kier molecular flexibility index (Phi) is 7.97. The van der Waals surface area contributed by atoms with Crippen LogP contribution in [0.25, 0.3) is 6.08 Å². The number of halogens is 3. The van der Waals surface area contributed by atoms with Gasteiger partial charge in [0.25, 0.3) is 17.7 Å². The first-order chi connectivity index (χ1) is 17.6. The number of rotatable bonds is 6. The van der Waals surface area contributed by atoms with E-state index in [1.54, 1.807) is 24.3 Å². The lowest BCUT2D eigenvalue weighted by Crippen LogP contribution is -2.54. The molecular formula is C26H18BrCl2N3O5. The summed E-state index contributed by atoms with van der Waals surface area (Å²) in [6, 6.07) is 15.5. The van der Waals surface area contributed by atoms with E-state index in [9.17, 15) is 19.2 Å².